The number of carbonyl (C=O) groups is 1. The van der Waals surface area contributed by atoms with Gasteiger partial charge in [-0.15, -0.1) is 11.3 Å². The maximum atomic E-state index is 13.4. The summed E-state index contributed by atoms with van der Waals surface area (Å²) in [5, 5.41) is 3.62. The zero-order valence-electron chi connectivity index (χ0n) is 16.7. The van der Waals surface area contributed by atoms with Gasteiger partial charge in [0.2, 0.25) is 5.91 Å². The fourth-order valence-corrected chi connectivity index (χ4v) is 5.38. The van der Waals surface area contributed by atoms with Crippen LogP contribution in [0.25, 0.3) is 10.2 Å². The van der Waals surface area contributed by atoms with Crippen LogP contribution < -0.4 is 10.9 Å². The summed E-state index contributed by atoms with van der Waals surface area (Å²) in [7, 11) is 0. The van der Waals surface area contributed by atoms with Gasteiger partial charge in [0.15, 0.2) is 0 Å². The standard InChI is InChI=1S/C22H25N3O2S/c1-12-5-8-16(9-6-12)24-20(26)14(3)25-15(4)23-21-19(22(25)27)17-10-7-13(2)11-18(17)28-21/h5-6,8-9,13-14H,7,10-11H2,1-4H3,(H,24,26). The normalized spacial score (nSPS) is 17.4. The Balaban J connectivity index is 1.72. The quantitative estimate of drug-likeness (QED) is 0.715. The van der Waals surface area contributed by atoms with E-state index in [9.17, 15) is 9.59 Å². The van der Waals surface area contributed by atoms with Crippen molar-refractivity contribution in [2.45, 2.75) is 53.0 Å². The van der Waals surface area contributed by atoms with Crippen LogP contribution in [0.4, 0.5) is 5.69 Å². The summed E-state index contributed by atoms with van der Waals surface area (Å²) in [5.41, 5.74) is 2.91. The van der Waals surface area contributed by atoms with Gasteiger partial charge in [0.05, 0.1) is 5.39 Å². The number of hydrogen-bond donors (Lipinski definition) is 1. The fraction of sp³-hybridized carbons (Fsp3) is 0.409. The molecule has 1 aliphatic carbocycles. The number of fused-ring (bicyclic) bond motifs is 3. The van der Waals surface area contributed by atoms with Crippen molar-refractivity contribution in [3.8, 4) is 0 Å². The SMILES string of the molecule is Cc1ccc(NC(=O)C(C)n2c(C)nc3sc4c(c3c2=O)CCC(C)C4)cc1. The van der Waals surface area contributed by atoms with Crippen LogP contribution in [0.3, 0.4) is 0 Å². The Hall–Kier alpha value is -2.47. The molecule has 0 saturated heterocycles. The Morgan fingerprint density at radius 1 is 1.29 bits per heavy atom. The van der Waals surface area contributed by atoms with E-state index in [-0.39, 0.29) is 11.5 Å². The number of rotatable bonds is 3. The van der Waals surface area contributed by atoms with Gasteiger partial charge >= 0.3 is 0 Å². The van der Waals surface area contributed by atoms with E-state index in [0.717, 1.165) is 40.9 Å². The largest absolute Gasteiger partial charge is 0.324 e. The molecule has 1 amide bonds. The van der Waals surface area contributed by atoms with Crippen molar-refractivity contribution in [3.63, 3.8) is 0 Å². The zero-order chi connectivity index (χ0) is 20.0. The fourth-order valence-electron chi connectivity index (χ4n) is 3.96. The molecule has 2 unspecified atom stereocenters. The summed E-state index contributed by atoms with van der Waals surface area (Å²) in [5.74, 6) is 1.01. The highest BCUT2D eigenvalue weighted by Gasteiger charge is 2.26. The number of hydrogen-bond acceptors (Lipinski definition) is 4. The number of aryl methyl sites for hydroxylation is 3. The molecule has 4 rings (SSSR count). The Bertz CT molecular complexity index is 1110. The summed E-state index contributed by atoms with van der Waals surface area (Å²) >= 11 is 1.64. The Morgan fingerprint density at radius 3 is 2.71 bits per heavy atom. The van der Waals surface area contributed by atoms with E-state index in [0.29, 0.717) is 17.1 Å². The molecule has 0 radical (unpaired) electrons. The number of nitrogens with zero attached hydrogens (tertiary/aromatic N) is 2. The van der Waals surface area contributed by atoms with Crippen LogP contribution in [0.15, 0.2) is 29.1 Å². The maximum Gasteiger partial charge on any atom is 0.263 e. The first-order valence-corrected chi connectivity index (χ1v) is 10.6. The maximum absolute atomic E-state index is 13.4. The molecule has 0 bridgehead atoms. The van der Waals surface area contributed by atoms with E-state index in [1.807, 2.05) is 31.2 Å². The third-order valence-corrected chi connectivity index (χ3v) is 6.77. The van der Waals surface area contributed by atoms with Crippen molar-refractivity contribution in [1.29, 1.82) is 0 Å². The van der Waals surface area contributed by atoms with Crippen LogP contribution in [0, 0.1) is 19.8 Å². The summed E-state index contributed by atoms with van der Waals surface area (Å²) in [6.45, 7) is 7.81. The van der Waals surface area contributed by atoms with Gasteiger partial charge < -0.3 is 5.32 Å². The second-order valence-corrected chi connectivity index (χ2v) is 8.98. The molecule has 6 heteroatoms. The highest BCUT2D eigenvalue weighted by molar-refractivity contribution is 7.18. The number of anilines is 1. The lowest BCUT2D eigenvalue weighted by molar-refractivity contribution is -0.118. The minimum Gasteiger partial charge on any atom is -0.324 e. The van der Waals surface area contributed by atoms with Crippen molar-refractivity contribution < 1.29 is 4.79 Å². The van der Waals surface area contributed by atoms with Gasteiger partial charge in [0.25, 0.3) is 5.56 Å². The molecule has 0 fully saturated rings. The second-order valence-electron chi connectivity index (χ2n) is 7.90. The van der Waals surface area contributed by atoms with Gasteiger partial charge in [0.1, 0.15) is 16.7 Å². The Labute approximate surface area is 168 Å². The van der Waals surface area contributed by atoms with Gasteiger partial charge in [-0.3, -0.25) is 14.2 Å². The lowest BCUT2D eigenvalue weighted by Gasteiger charge is -2.19. The Kier molecular flexibility index (Phi) is 4.83. The summed E-state index contributed by atoms with van der Waals surface area (Å²) in [4.78, 5) is 33.0. The van der Waals surface area contributed by atoms with Crippen molar-refractivity contribution in [1.82, 2.24) is 9.55 Å². The van der Waals surface area contributed by atoms with Crippen LogP contribution in [-0.2, 0) is 17.6 Å². The number of carbonyl (C=O) groups excluding carboxylic acids is 1. The minimum atomic E-state index is -0.635. The summed E-state index contributed by atoms with van der Waals surface area (Å²) < 4.78 is 1.54. The van der Waals surface area contributed by atoms with Crippen LogP contribution in [0.2, 0.25) is 0 Å². The van der Waals surface area contributed by atoms with Gasteiger partial charge in [-0.2, -0.15) is 0 Å². The van der Waals surface area contributed by atoms with Gasteiger partial charge in [-0.1, -0.05) is 24.6 Å². The first kappa shape index (κ1) is 18.9. The topological polar surface area (TPSA) is 64.0 Å². The monoisotopic (exact) mass is 395 g/mol. The van der Waals surface area contributed by atoms with E-state index in [4.69, 9.17) is 4.98 Å². The summed E-state index contributed by atoms with van der Waals surface area (Å²) in [6, 6.07) is 7.00. The molecule has 28 heavy (non-hydrogen) atoms. The molecule has 1 aromatic carbocycles. The third-order valence-electron chi connectivity index (χ3n) is 5.62. The average Bonchev–Trinajstić information content (AvgIpc) is 3.00. The van der Waals surface area contributed by atoms with Crippen molar-refractivity contribution in [2.75, 3.05) is 5.32 Å². The molecule has 2 aromatic heterocycles. The molecular weight excluding hydrogens is 370 g/mol. The molecule has 5 nitrogen and oxygen atoms in total. The third kappa shape index (κ3) is 3.26. The van der Waals surface area contributed by atoms with E-state index in [1.165, 1.54) is 9.44 Å². The molecule has 2 heterocycles. The summed E-state index contributed by atoms with van der Waals surface area (Å²) in [6.07, 6.45) is 3.02. The first-order valence-electron chi connectivity index (χ1n) is 9.76. The molecule has 146 valence electrons. The molecule has 1 aliphatic rings. The zero-order valence-corrected chi connectivity index (χ0v) is 17.5. The lowest BCUT2D eigenvalue weighted by atomic mass is 9.89. The van der Waals surface area contributed by atoms with E-state index in [1.54, 1.807) is 25.2 Å². The minimum absolute atomic E-state index is 0.0962. The van der Waals surface area contributed by atoms with Crippen LogP contribution in [0.5, 0.6) is 0 Å². The molecule has 0 aliphatic heterocycles. The van der Waals surface area contributed by atoms with Gasteiger partial charge in [-0.05, 0) is 63.6 Å². The predicted molar refractivity (Wildman–Crippen MR) is 114 cm³/mol. The second kappa shape index (κ2) is 7.17. The smallest absolute Gasteiger partial charge is 0.263 e. The number of amides is 1. The van der Waals surface area contributed by atoms with Crippen molar-refractivity contribution >= 4 is 33.1 Å². The van der Waals surface area contributed by atoms with Gasteiger partial charge in [0, 0.05) is 10.6 Å². The van der Waals surface area contributed by atoms with E-state index < -0.39 is 6.04 Å². The van der Waals surface area contributed by atoms with E-state index in [2.05, 4.69) is 12.2 Å². The first-order chi connectivity index (χ1) is 13.3. The van der Waals surface area contributed by atoms with Crippen LogP contribution in [0.1, 0.15) is 48.1 Å². The van der Waals surface area contributed by atoms with E-state index >= 15 is 0 Å². The molecular formula is C22H25N3O2S. The lowest BCUT2D eigenvalue weighted by Crippen LogP contribution is -2.34. The van der Waals surface area contributed by atoms with Gasteiger partial charge in [-0.25, -0.2) is 4.98 Å². The number of aromatic nitrogens is 2. The average molecular weight is 396 g/mol. The van der Waals surface area contributed by atoms with Crippen molar-refractivity contribution in [3.05, 3.63) is 56.4 Å². The molecule has 1 N–H and O–H groups in total. The number of benzene rings is 1. The predicted octanol–water partition coefficient (Wildman–Crippen LogP) is 4.40. The van der Waals surface area contributed by atoms with Crippen molar-refractivity contribution in [2.24, 2.45) is 5.92 Å². The molecule has 3 aromatic rings. The molecule has 0 saturated carbocycles. The molecule has 0 spiro atoms. The van der Waals surface area contributed by atoms with Crippen LogP contribution in [-0.4, -0.2) is 15.5 Å². The molecule has 2 atom stereocenters. The number of thiophene rings is 1. The highest BCUT2D eigenvalue weighted by atomic mass is 32.1. The highest BCUT2D eigenvalue weighted by Crippen LogP contribution is 2.36. The van der Waals surface area contributed by atoms with Crippen LogP contribution >= 0.6 is 11.3 Å². The Morgan fingerprint density at radius 2 is 2.00 bits per heavy atom. The number of nitrogens with one attached hydrogen (secondary N) is 1.